The fourth-order valence-electron chi connectivity index (χ4n) is 0.993. The maximum atomic E-state index is 10.9. The molecule has 0 bridgehead atoms. The lowest BCUT2D eigenvalue weighted by Gasteiger charge is -1.98. The zero-order chi connectivity index (χ0) is 9.14. The average Bonchev–Trinajstić information content (AvgIpc) is 2.34. The first-order valence-electron chi connectivity index (χ1n) is 3.68. The summed E-state index contributed by atoms with van der Waals surface area (Å²) in [6.07, 6.45) is 0. The summed E-state index contributed by atoms with van der Waals surface area (Å²) >= 11 is 0. The quantitative estimate of drug-likeness (QED) is 0.635. The first kappa shape index (κ1) is 8.86. The van der Waals surface area contributed by atoms with E-state index in [0.29, 0.717) is 17.9 Å². The van der Waals surface area contributed by atoms with Crippen LogP contribution in [0.15, 0.2) is 0 Å². The second-order valence-electron chi connectivity index (χ2n) is 2.53. The minimum Gasteiger partial charge on any atom is -0.394 e. The molecular weight excluding hydrogens is 158 g/mol. The number of aliphatic hydroxyl groups excluding tert-OH is 1. The zero-order valence-electron chi connectivity index (χ0n) is 7.11. The van der Waals surface area contributed by atoms with Crippen molar-refractivity contribution < 1.29 is 9.90 Å². The molecule has 0 saturated carbocycles. The van der Waals surface area contributed by atoms with Crippen LogP contribution in [0.2, 0.25) is 0 Å². The second-order valence-corrected chi connectivity index (χ2v) is 2.53. The van der Waals surface area contributed by atoms with E-state index >= 15 is 0 Å². The fraction of sp³-hybridized carbons (Fsp3) is 0.571. The molecule has 0 aromatic carbocycles. The number of ketones is 1. The molecule has 0 amide bonds. The number of Topliss-reactive ketones (excluding diaryl/α,β-unsaturated/α-hetero) is 1. The Labute approximate surface area is 70.0 Å². The first-order chi connectivity index (χ1) is 5.66. The number of hydrogen-bond donors (Lipinski definition) is 1. The van der Waals surface area contributed by atoms with Crippen molar-refractivity contribution in [2.24, 2.45) is 0 Å². The normalized spacial score (nSPS) is 10.2. The monoisotopic (exact) mass is 169 g/mol. The van der Waals surface area contributed by atoms with Gasteiger partial charge in [-0.15, -0.1) is 5.10 Å². The van der Waals surface area contributed by atoms with Gasteiger partial charge in [0, 0.05) is 6.92 Å². The van der Waals surface area contributed by atoms with E-state index in [1.807, 2.05) is 0 Å². The second kappa shape index (κ2) is 3.44. The maximum Gasteiger partial charge on any atom is 0.181 e. The Hall–Kier alpha value is -1.23. The molecule has 0 fully saturated rings. The topological polar surface area (TPSA) is 68.0 Å². The van der Waals surface area contributed by atoms with Crippen LogP contribution in [0.4, 0.5) is 0 Å². The van der Waals surface area contributed by atoms with E-state index in [2.05, 4.69) is 10.3 Å². The summed E-state index contributed by atoms with van der Waals surface area (Å²) in [5.41, 5.74) is 1.08. The summed E-state index contributed by atoms with van der Waals surface area (Å²) < 4.78 is 1.51. The molecule has 1 aromatic rings. The summed E-state index contributed by atoms with van der Waals surface area (Å²) in [5, 5.41) is 16.0. The highest BCUT2D eigenvalue weighted by Crippen LogP contribution is 2.03. The largest absolute Gasteiger partial charge is 0.394 e. The summed E-state index contributed by atoms with van der Waals surface area (Å²) in [4.78, 5) is 10.9. The fourth-order valence-corrected chi connectivity index (χ4v) is 0.993. The number of carbonyl (C=O) groups excluding carboxylic acids is 1. The van der Waals surface area contributed by atoms with Crippen LogP contribution < -0.4 is 0 Å². The van der Waals surface area contributed by atoms with Crippen LogP contribution in [0, 0.1) is 6.92 Å². The number of rotatable bonds is 3. The van der Waals surface area contributed by atoms with Crippen molar-refractivity contribution in [3.8, 4) is 0 Å². The summed E-state index contributed by atoms with van der Waals surface area (Å²) in [7, 11) is 0. The van der Waals surface area contributed by atoms with Gasteiger partial charge in [-0.25, -0.2) is 4.68 Å². The smallest absolute Gasteiger partial charge is 0.181 e. The van der Waals surface area contributed by atoms with E-state index < -0.39 is 0 Å². The predicted molar refractivity (Wildman–Crippen MR) is 41.8 cm³/mol. The van der Waals surface area contributed by atoms with Crippen molar-refractivity contribution >= 4 is 5.78 Å². The van der Waals surface area contributed by atoms with E-state index in [4.69, 9.17) is 5.11 Å². The third-order valence-electron chi connectivity index (χ3n) is 1.63. The highest BCUT2D eigenvalue weighted by atomic mass is 16.3. The van der Waals surface area contributed by atoms with Crippen LogP contribution in [0.25, 0.3) is 0 Å². The molecule has 1 aromatic heterocycles. The molecular formula is C7H11N3O2. The number of aliphatic hydroxyl groups is 1. The standard InChI is InChI=1S/C7H11N3O2/c1-5-7(6(2)12)8-9-10(5)3-4-11/h11H,3-4H2,1-2H3. The van der Waals surface area contributed by atoms with Crippen molar-refractivity contribution in [1.29, 1.82) is 0 Å². The molecule has 1 N–H and O–H groups in total. The van der Waals surface area contributed by atoms with Gasteiger partial charge >= 0.3 is 0 Å². The minimum atomic E-state index is -0.100. The molecule has 0 aliphatic carbocycles. The molecule has 5 nitrogen and oxygen atoms in total. The van der Waals surface area contributed by atoms with Gasteiger partial charge in [0.15, 0.2) is 11.5 Å². The van der Waals surface area contributed by atoms with Gasteiger partial charge in [0.2, 0.25) is 0 Å². The van der Waals surface area contributed by atoms with Gasteiger partial charge in [0.05, 0.1) is 18.8 Å². The highest BCUT2D eigenvalue weighted by molar-refractivity contribution is 5.92. The Morgan fingerprint density at radius 3 is 2.75 bits per heavy atom. The summed E-state index contributed by atoms with van der Waals surface area (Å²) in [5.74, 6) is -0.100. The molecule has 66 valence electrons. The lowest BCUT2D eigenvalue weighted by Crippen LogP contribution is -2.06. The van der Waals surface area contributed by atoms with Crippen molar-refractivity contribution in [2.75, 3.05) is 6.61 Å². The molecule has 1 heterocycles. The number of carbonyl (C=O) groups is 1. The third kappa shape index (κ3) is 1.50. The predicted octanol–water partition coefficient (Wildman–Crippen LogP) is -0.219. The first-order valence-corrected chi connectivity index (χ1v) is 3.68. The van der Waals surface area contributed by atoms with Gasteiger partial charge in [-0.05, 0) is 6.92 Å². The number of nitrogens with zero attached hydrogens (tertiary/aromatic N) is 3. The molecule has 0 saturated heterocycles. The van der Waals surface area contributed by atoms with Gasteiger partial charge in [-0.3, -0.25) is 4.79 Å². The van der Waals surface area contributed by atoms with Gasteiger partial charge in [0.25, 0.3) is 0 Å². The van der Waals surface area contributed by atoms with E-state index in [-0.39, 0.29) is 12.4 Å². The van der Waals surface area contributed by atoms with Crippen molar-refractivity contribution in [3.05, 3.63) is 11.4 Å². The van der Waals surface area contributed by atoms with Crippen LogP contribution in [0.3, 0.4) is 0 Å². The third-order valence-corrected chi connectivity index (χ3v) is 1.63. The summed E-state index contributed by atoms with van der Waals surface area (Å²) in [6.45, 7) is 3.58. The highest BCUT2D eigenvalue weighted by Gasteiger charge is 2.11. The Balaban J connectivity index is 2.96. The van der Waals surface area contributed by atoms with Crippen LogP contribution in [-0.4, -0.2) is 32.5 Å². The van der Waals surface area contributed by atoms with Gasteiger partial charge in [-0.1, -0.05) is 5.21 Å². The molecule has 12 heavy (non-hydrogen) atoms. The SMILES string of the molecule is CC(=O)c1nnn(CCO)c1C. The Morgan fingerprint density at radius 2 is 2.33 bits per heavy atom. The van der Waals surface area contributed by atoms with Crippen LogP contribution in [0.1, 0.15) is 23.1 Å². The Bertz CT molecular complexity index is 293. The minimum absolute atomic E-state index is 0.00153. The lowest BCUT2D eigenvalue weighted by atomic mass is 10.2. The lowest BCUT2D eigenvalue weighted by molar-refractivity contribution is 0.101. The molecule has 0 atom stereocenters. The van der Waals surface area contributed by atoms with Crippen molar-refractivity contribution in [1.82, 2.24) is 15.0 Å². The maximum absolute atomic E-state index is 10.9. The van der Waals surface area contributed by atoms with E-state index in [1.165, 1.54) is 11.6 Å². The van der Waals surface area contributed by atoms with Gasteiger partial charge < -0.3 is 5.11 Å². The van der Waals surface area contributed by atoms with E-state index in [1.54, 1.807) is 6.92 Å². The van der Waals surface area contributed by atoms with Crippen molar-refractivity contribution in [3.63, 3.8) is 0 Å². The van der Waals surface area contributed by atoms with Crippen LogP contribution >= 0.6 is 0 Å². The van der Waals surface area contributed by atoms with Crippen LogP contribution in [0.5, 0.6) is 0 Å². The number of aromatic nitrogens is 3. The van der Waals surface area contributed by atoms with E-state index in [0.717, 1.165) is 0 Å². The Kier molecular flexibility index (Phi) is 2.54. The average molecular weight is 169 g/mol. The zero-order valence-corrected chi connectivity index (χ0v) is 7.11. The molecule has 0 aliphatic rings. The molecule has 0 radical (unpaired) electrons. The van der Waals surface area contributed by atoms with Crippen LogP contribution in [-0.2, 0) is 6.54 Å². The molecule has 1 rings (SSSR count). The van der Waals surface area contributed by atoms with Gasteiger partial charge in [-0.2, -0.15) is 0 Å². The Morgan fingerprint density at radius 1 is 1.67 bits per heavy atom. The number of hydrogen-bond acceptors (Lipinski definition) is 4. The van der Waals surface area contributed by atoms with Gasteiger partial charge in [0.1, 0.15) is 0 Å². The molecule has 0 spiro atoms. The van der Waals surface area contributed by atoms with E-state index in [9.17, 15) is 4.79 Å². The van der Waals surface area contributed by atoms with Crippen molar-refractivity contribution in [2.45, 2.75) is 20.4 Å². The summed E-state index contributed by atoms with van der Waals surface area (Å²) in [6, 6.07) is 0. The molecule has 0 unspecified atom stereocenters. The molecule has 5 heteroatoms. The molecule has 0 aliphatic heterocycles.